The highest BCUT2D eigenvalue weighted by Gasteiger charge is 2.29. The number of hydrogen-bond acceptors (Lipinski definition) is 4. The normalized spacial score (nSPS) is 18.6. The highest BCUT2D eigenvalue weighted by atomic mass is 16.4. The summed E-state index contributed by atoms with van der Waals surface area (Å²) in [4.78, 5) is 20.2. The van der Waals surface area contributed by atoms with Gasteiger partial charge in [-0.05, 0) is 20.3 Å². The highest BCUT2D eigenvalue weighted by Crippen LogP contribution is 2.18. The second-order valence-corrected chi connectivity index (χ2v) is 5.12. The van der Waals surface area contributed by atoms with E-state index >= 15 is 0 Å². The van der Waals surface area contributed by atoms with Gasteiger partial charge in [-0.1, -0.05) is 5.92 Å². The van der Waals surface area contributed by atoms with Gasteiger partial charge in [0.15, 0.2) is 0 Å². The predicted molar refractivity (Wildman–Crippen MR) is 75.8 cm³/mol. The fourth-order valence-electron chi connectivity index (χ4n) is 2.52. The molecule has 2 rings (SSSR count). The van der Waals surface area contributed by atoms with E-state index in [1.54, 1.807) is 13.1 Å². The average molecular weight is 275 g/mol. The average Bonchev–Trinajstić information content (AvgIpc) is 3.02. The van der Waals surface area contributed by atoms with Crippen molar-refractivity contribution in [2.75, 3.05) is 19.6 Å². The molecule has 5 nitrogen and oxygen atoms in total. The van der Waals surface area contributed by atoms with Crippen LogP contribution in [0, 0.1) is 18.8 Å². The van der Waals surface area contributed by atoms with Gasteiger partial charge in [0.25, 0.3) is 0 Å². The van der Waals surface area contributed by atoms with Crippen molar-refractivity contribution in [3.8, 4) is 11.8 Å². The smallest absolute Gasteiger partial charge is 0.220 e. The molecule has 1 unspecified atom stereocenters. The number of hydrogen-bond donors (Lipinski definition) is 0. The summed E-state index contributed by atoms with van der Waals surface area (Å²) in [7, 11) is 0. The van der Waals surface area contributed by atoms with Crippen LogP contribution in [-0.2, 0) is 11.3 Å². The molecule has 0 aromatic carbocycles. The maximum atomic E-state index is 11.9. The van der Waals surface area contributed by atoms with Crippen LogP contribution in [-0.4, -0.2) is 46.4 Å². The summed E-state index contributed by atoms with van der Waals surface area (Å²) >= 11 is 0. The van der Waals surface area contributed by atoms with E-state index in [9.17, 15) is 4.79 Å². The van der Waals surface area contributed by atoms with Gasteiger partial charge in [0.05, 0.1) is 19.3 Å². The Balaban J connectivity index is 1.98. The molecule has 0 radical (unpaired) electrons. The first-order valence-corrected chi connectivity index (χ1v) is 6.90. The number of rotatable bonds is 4. The largest absolute Gasteiger partial charge is 0.444 e. The Morgan fingerprint density at radius 3 is 3.05 bits per heavy atom. The van der Waals surface area contributed by atoms with Crippen molar-refractivity contribution in [2.45, 2.75) is 39.8 Å². The topological polar surface area (TPSA) is 49.6 Å². The molecule has 0 spiro atoms. The maximum Gasteiger partial charge on any atom is 0.220 e. The third-order valence-electron chi connectivity index (χ3n) is 3.55. The summed E-state index contributed by atoms with van der Waals surface area (Å²) < 4.78 is 5.47. The van der Waals surface area contributed by atoms with Gasteiger partial charge in [-0.3, -0.25) is 9.69 Å². The minimum atomic E-state index is 0.0641. The van der Waals surface area contributed by atoms with E-state index in [0.29, 0.717) is 12.4 Å². The minimum Gasteiger partial charge on any atom is -0.444 e. The number of carbonyl (C=O) groups is 1. The summed E-state index contributed by atoms with van der Waals surface area (Å²) in [6.07, 6.45) is 2.66. The van der Waals surface area contributed by atoms with Crippen molar-refractivity contribution in [1.29, 1.82) is 0 Å². The van der Waals surface area contributed by atoms with E-state index < -0.39 is 0 Å². The van der Waals surface area contributed by atoms with Gasteiger partial charge in [-0.15, -0.1) is 5.92 Å². The van der Waals surface area contributed by atoms with Gasteiger partial charge in [0.1, 0.15) is 5.76 Å². The molecule has 1 saturated heterocycles. The van der Waals surface area contributed by atoms with E-state index in [1.165, 1.54) is 0 Å². The lowest BCUT2D eigenvalue weighted by Gasteiger charge is -2.26. The molecule has 0 N–H and O–H groups in total. The molecule has 20 heavy (non-hydrogen) atoms. The molecule has 0 aliphatic carbocycles. The lowest BCUT2D eigenvalue weighted by Crippen LogP contribution is -2.40. The van der Waals surface area contributed by atoms with Crippen LogP contribution in [0.5, 0.6) is 0 Å². The summed E-state index contributed by atoms with van der Waals surface area (Å²) in [6, 6.07) is 0.221. The lowest BCUT2D eigenvalue weighted by atomic mass is 10.2. The molecule has 2 heterocycles. The zero-order chi connectivity index (χ0) is 14.5. The first-order valence-electron chi connectivity index (χ1n) is 6.90. The summed E-state index contributed by atoms with van der Waals surface area (Å²) in [6.45, 7) is 8.37. The molecule has 1 aliphatic rings. The Hall–Kier alpha value is -1.80. The molecule has 0 bridgehead atoms. The van der Waals surface area contributed by atoms with Crippen molar-refractivity contribution < 1.29 is 9.21 Å². The zero-order valence-corrected chi connectivity index (χ0v) is 12.3. The number of aryl methyl sites for hydroxylation is 1. The van der Waals surface area contributed by atoms with Crippen molar-refractivity contribution in [1.82, 2.24) is 14.8 Å². The number of amides is 1. The monoisotopic (exact) mass is 275 g/mol. The molecule has 108 valence electrons. The van der Waals surface area contributed by atoms with Crippen LogP contribution in [0.1, 0.15) is 31.9 Å². The van der Waals surface area contributed by atoms with Gasteiger partial charge in [-0.25, -0.2) is 4.98 Å². The minimum absolute atomic E-state index is 0.0641. The van der Waals surface area contributed by atoms with Gasteiger partial charge < -0.3 is 9.32 Å². The molecule has 1 aromatic heterocycles. The van der Waals surface area contributed by atoms with Crippen molar-refractivity contribution in [3.05, 3.63) is 17.8 Å². The molecule has 1 atom stereocenters. The fraction of sp³-hybridized carbons (Fsp3) is 0.600. The Bertz CT molecular complexity index is 527. The molecule has 1 aromatic rings. The Morgan fingerprint density at radius 1 is 1.65 bits per heavy atom. The van der Waals surface area contributed by atoms with Crippen LogP contribution in [0.25, 0.3) is 0 Å². The van der Waals surface area contributed by atoms with E-state index in [2.05, 4.69) is 21.7 Å². The number of likely N-dealkylation sites (tertiary alicyclic amines) is 1. The van der Waals surface area contributed by atoms with E-state index in [-0.39, 0.29) is 11.9 Å². The predicted octanol–water partition coefficient (Wildman–Crippen LogP) is 1.43. The van der Waals surface area contributed by atoms with Crippen molar-refractivity contribution in [3.63, 3.8) is 0 Å². The van der Waals surface area contributed by atoms with Crippen LogP contribution < -0.4 is 0 Å². The van der Waals surface area contributed by atoms with Crippen LogP contribution in [0.3, 0.4) is 0 Å². The number of aromatic nitrogens is 1. The number of oxazole rings is 1. The van der Waals surface area contributed by atoms with Crippen molar-refractivity contribution >= 4 is 5.91 Å². The van der Waals surface area contributed by atoms with E-state index in [0.717, 1.165) is 31.8 Å². The van der Waals surface area contributed by atoms with Gasteiger partial charge in [-0.2, -0.15) is 0 Å². The molecular weight excluding hydrogens is 254 g/mol. The molecular formula is C15H21N3O2. The SMILES string of the molecule is CC#CCN1CCC(N(Cc2ncc(C)o2)C(C)=O)C1. The Labute approximate surface area is 119 Å². The third kappa shape index (κ3) is 3.61. The van der Waals surface area contributed by atoms with E-state index in [4.69, 9.17) is 4.42 Å². The fourth-order valence-corrected chi connectivity index (χ4v) is 2.52. The second-order valence-electron chi connectivity index (χ2n) is 5.12. The Morgan fingerprint density at radius 2 is 2.45 bits per heavy atom. The van der Waals surface area contributed by atoms with Crippen LogP contribution in [0.2, 0.25) is 0 Å². The number of carbonyl (C=O) groups excluding carboxylic acids is 1. The quantitative estimate of drug-likeness (QED) is 0.780. The first-order chi connectivity index (χ1) is 9.60. The highest BCUT2D eigenvalue weighted by molar-refractivity contribution is 5.73. The standard InChI is InChI=1S/C15H21N3O2/c1-4-5-7-17-8-6-14(10-17)18(13(3)19)11-15-16-9-12(2)20-15/h9,14H,6-8,10-11H2,1-3H3. The van der Waals surface area contributed by atoms with Gasteiger partial charge in [0, 0.05) is 26.1 Å². The maximum absolute atomic E-state index is 11.9. The Kier molecular flexibility index (Phi) is 4.80. The molecule has 5 heteroatoms. The van der Waals surface area contributed by atoms with Crippen LogP contribution in [0.15, 0.2) is 10.6 Å². The molecule has 0 saturated carbocycles. The van der Waals surface area contributed by atoms with Crippen LogP contribution >= 0.6 is 0 Å². The van der Waals surface area contributed by atoms with Gasteiger partial charge >= 0.3 is 0 Å². The van der Waals surface area contributed by atoms with E-state index in [1.807, 2.05) is 18.7 Å². The third-order valence-corrected chi connectivity index (χ3v) is 3.55. The lowest BCUT2D eigenvalue weighted by molar-refractivity contribution is -0.132. The molecule has 1 amide bonds. The summed E-state index contributed by atoms with van der Waals surface area (Å²) in [5, 5.41) is 0. The second kappa shape index (κ2) is 6.58. The first kappa shape index (κ1) is 14.6. The summed E-state index contributed by atoms with van der Waals surface area (Å²) in [5.74, 6) is 7.42. The van der Waals surface area contributed by atoms with Crippen LogP contribution in [0.4, 0.5) is 0 Å². The van der Waals surface area contributed by atoms with Crippen molar-refractivity contribution in [2.24, 2.45) is 0 Å². The summed E-state index contributed by atoms with van der Waals surface area (Å²) in [5.41, 5.74) is 0. The van der Waals surface area contributed by atoms with Gasteiger partial charge in [0.2, 0.25) is 11.8 Å². The molecule has 1 aliphatic heterocycles. The number of nitrogens with zero attached hydrogens (tertiary/aromatic N) is 3. The molecule has 1 fully saturated rings. The zero-order valence-electron chi connectivity index (χ0n) is 12.3.